The van der Waals surface area contributed by atoms with Crippen molar-refractivity contribution in [2.75, 3.05) is 13.2 Å². The maximum absolute atomic E-state index is 9.57. The number of rotatable bonds is 2. The molecule has 14 heavy (non-hydrogen) atoms. The lowest BCUT2D eigenvalue weighted by Gasteiger charge is -2.46. The fourth-order valence-corrected chi connectivity index (χ4v) is 3.48. The molecule has 2 heteroatoms. The summed E-state index contributed by atoms with van der Waals surface area (Å²) in [6.07, 6.45) is 8.54. The van der Waals surface area contributed by atoms with Gasteiger partial charge in [0, 0.05) is 13.2 Å². The number of aliphatic hydroxyl groups excluding tert-OH is 2. The second kappa shape index (κ2) is 4.19. The van der Waals surface area contributed by atoms with E-state index in [9.17, 15) is 10.2 Å². The van der Waals surface area contributed by atoms with Gasteiger partial charge in [-0.25, -0.2) is 0 Å². The summed E-state index contributed by atoms with van der Waals surface area (Å²) in [5, 5.41) is 19.0. The summed E-state index contributed by atoms with van der Waals surface area (Å²) >= 11 is 0. The average Bonchev–Trinajstić information content (AvgIpc) is 2.20. The molecule has 0 aliphatic heterocycles. The highest BCUT2D eigenvalue weighted by atomic mass is 16.3. The molecule has 0 aromatic carbocycles. The largest absolute Gasteiger partial charge is 0.396 e. The molecule has 3 fully saturated rings. The number of hydrogen-bond acceptors (Lipinski definition) is 2. The predicted molar refractivity (Wildman–Crippen MR) is 55.9 cm³/mol. The van der Waals surface area contributed by atoms with E-state index in [-0.39, 0.29) is 18.6 Å². The first-order chi connectivity index (χ1) is 6.80. The minimum Gasteiger partial charge on any atom is -0.396 e. The Bertz CT molecular complexity index is 183. The second-order valence-corrected chi connectivity index (χ2v) is 5.27. The summed E-state index contributed by atoms with van der Waals surface area (Å²) in [5.74, 6) is 1.27. The van der Waals surface area contributed by atoms with Crippen LogP contribution >= 0.6 is 0 Å². The van der Waals surface area contributed by atoms with Crippen LogP contribution in [0.4, 0.5) is 0 Å². The van der Waals surface area contributed by atoms with E-state index in [1.165, 1.54) is 25.7 Å². The first-order valence-electron chi connectivity index (χ1n) is 6.02. The van der Waals surface area contributed by atoms with Gasteiger partial charge in [-0.3, -0.25) is 0 Å². The Kier molecular flexibility index (Phi) is 3.13. The van der Waals surface area contributed by atoms with Crippen LogP contribution in [0.15, 0.2) is 0 Å². The molecule has 0 saturated heterocycles. The zero-order chi connectivity index (χ0) is 10.0. The topological polar surface area (TPSA) is 40.5 Å². The molecule has 0 aromatic heterocycles. The predicted octanol–water partition coefficient (Wildman–Crippen LogP) is 1.95. The van der Waals surface area contributed by atoms with Crippen LogP contribution in [0.5, 0.6) is 0 Å². The van der Waals surface area contributed by atoms with E-state index in [4.69, 9.17) is 0 Å². The Hall–Kier alpha value is -0.0800. The van der Waals surface area contributed by atoms with Crippen molar-refractivity contribution in [2.45, 2.75) is 44.9 Å². The van der Waals surface area contributed by atoms with Gasteiger partial charge in [-0.05, 0) is 49.4 Å². The summed E-state index contributed by atoms with van der Waals surface area (Å²) in [6.45, 7) is 0.552. The summed E-state index contributed by atoms with van der Waals surface area (Å²) in [6, 6.07) is 0. The summed E-state index contributed by atoms with van der Waals surface area (Å²) < 4.78 is 0. The molecule has 3 saturated carbocycles. The summed E-state index contributed by atoms with van der Waals surface area (Å²) in [7, 11) is 0. The average molecular weight is 198 g/mol. The van der Waals surface area contributed by atoms with E-state index < -0.39 is 0 Å². The van der Waals surface area contributed by atoms with E-state index >= 15 is 0 Å². The first kappa shape index (κ1) is 10.4. The molecular weight excluding hydrogens is 176 g/mol. The molecule has 2 nitrogen and oxygen atoms in total. The van der Waals surface area contributed by atoms with Crippen LogP contribution in [0, 0.1) is 17.3 Å². The third-order valence-electron chi connectivity index (χ3n) is 4.67. The highest BCUT2D eigenvalue weighted by Gasteiger charge is 2.42. The van der Waals surface area contributed by atoms with Gasteiger partial charge in [-0.15, -0.1) is 0 Å². The molecule has 2 bridgehead atoms. The lowest BCUT2D eigenvalue weighted by atomic mass is 9.60. The fraction of sp³-hybridized carbons (Fsp3) is 1.00. The van der Waals surface area contributed by atoms with Crippen molar-refractivity contribution < 1.29 is 10.2 Å². The molecule has 3 aliphatic rings. The van der Waals surface area contributed by atoms with Gasteiger partial charge in [0.05, 0.1) is 0 Å². The highest BCUT2D eigenvalue weighted by molar-refractivity contribution is 4.92. The van der Waals surface area contributed by atoms with Crippen molar-refractivity contribution in [3.05, 3.63) is 0 Å². The molecule has 0 heterocycles. The van der Waals surface area contributed by atoms with Crippen LogP contribution in [-0.4, -0.2) is 23.4 Å². The SMILES string of the molecule is OCC1CCCC2CCC1(CO)CC2. The molecule has 0 amide bonds. The van der Waals surface area contributed by atoms with Gasteiger partial charge in [0.25, 0.3) is 0 Å². The Morgan fingerprint density at radius 2 is 1.71 bits per heavy atom. The maximum atomic E-state index is 9.57. The van der Waals surface area contributed by atoms with Crippen LogP contribution in [0.1, 0.15) is 44.9 Å². The molecular formula is C12H22O2. The van der Waals surface area contributed by atoms with Gasteiger partial charge >= 0.3 is 0 Å². The van der Waals surface area contributed by atoms with E-state index in [2.05, 4.69) is 0 Å². The van der Waals surface area contributed by atoms with E-state index in [1.54, 1.807) is 0 Å². The van der Waals surface area contributed by atoms with Crippen molar-refractivity contribution in [3.8, 4) is 0 Å². The molecule has 1 unspecified atom stereocenters. The van der Waals surface area contributed by atoms with Crippen LogP contribution in [0.2, 0.25) is 0 Å². The first-order valence-corrected chi connectivity index (χ1v) is 6.02. The van der Waals surface area contributed by atoms with Crippen LogP contribution in [-0.2, 0) is 0 Å². The maximum Gasteiger partial charge on any atom is 0.0490 e. The lowest BCUT2D eigenvalue weighted by molar-refractivity contribution is -0.0314. The second-order valence-electron chi connectivity index (χ2n) is 5.27. The Labute approximate surface area is 86.3 Å². The Morgan fingerprint density at radius 1 is 1.00 bits per heavy atom. The fourth-order valence-electron chi connectivity index (χ4n) is 3.48. The van der Waals surface area contributed by atoms with Gasteiger partial charge in [0.15, 0.2) is 0 Å². The van der Waals surface area contributed by atoms with Crippen molar-refractivity contribution in [3.63, 3.8) is 0 Å². The highest BCUT2D eigenvalue weighted by Crippen LogP contribution is 2.49. The Morgan fingerprint density at radius 3 is 2.29 bits per heavy atom. The molecule has 0 aromatic rings. The van der Waals surface area contributed by atoms with E-state index in [0.29, 0.717) is 5.92 Å². The van der Waals surface area contributed by atoms with Gasteiger partial charge in [0.2, 0.25) is 0 Å². The van der Waals surface area contributed by atoms with Crippen molar-refractivity contribution >= 4 is 0 Å². The van der Waals surface area contributed by atoms with Gasteiger partial charge in [-0.2, -0.15) is 0 Å². The molecule has 3 rings (SSSR count). The molecule has 82 valence electrons. The van der Waals surface area contributed by atoms with Crippen LogP contribution < -0.4 is 0 Å². The van der Waals surface area contributed by atoms with Crippen molar-refractivity contribution in [1.29, 1.82) is 0 Å². The molecule has 1 atom stereocenters. The zero-order valence-corrected chi connectivity index (χ0v) is 8.91. The van der Waals surface area contributed by atoms with Gasteiger partial charge in [-0.1, -0.05) is 12.8 Å². The van der Waals surface area contributed by atoms with Crippen LogP contribution in [0.3, 0.4) is 0 Å². The normalized spacial score (nSPS) is 43.3. The summed E-state index contributed by atoms with van der Waals surface area (Å²) in [4.78, 5) is 0. The quantitative estimate of drug-likeness (QED) is 0.712. The minimum absolute atomic E-state index is 0.0751. The molecule has 3 aliphatic carbocycles. The molecule has 2 N–H and O–H groups in total. The van der Waals surface area contributed by atoms with E-state index in [0.717, 1.165) is 25.2 Å². The smallest absolute Gasteiger partial charge is 0.0490 e. The zero-order valence-electron chi connectivity index (χ0n) is 8.91. The summed E-state index contributed by atoms with van der Waals surface area (Å²) in [5.41, 5.74) is 0.0751. The minimum atomic E-state index is 0.0751. The van der Waals surface area contributed by atoms with Crippen molar-refractivity contribution in [1.82, 2.24) is 0 Å². The number of aliphatic hydroxyl groups is 2. The third-order valence-corrected chi connectivity index (χ3v) is 4.67. The van der Waals surface area contributed by atoms with Gasteiger partial charge < -0.3 is 10.2 Å². The lowest BCUT2D eigenvalue weighted by Crippen LogP contribution is -2.41. The monoisotopic (exact) mass is 198 g/mol. The standard InChI is InChI=1S/C12H22O2/c13-8-11-3-1-2-10-4-6-12(11,9-14)7-5-10/h10-11,13-14H,1-9H2. The Balaban J connectivity index is 2.14. The number of fused-ring (bicyclic) bond motifs is 5. The third kappa shape index (κ3) is 1.70. The molecule has 0 radical (unpaired) electrons. The van der Waals surface area contributed by atoms with Crippen LogP contribution in [0.25, 0.3) is 0 Å². The van der Waals surface area contributed by atoms with E-state index in [1.807, 2.05) is 0 Å². The molecule has 0 spiro atoms. The van der Waals surface area contributed by atoms with Gasteiger partial charge in [0.1, 0.15) is 0 Å². The van der Waals surface area contributed by atoms with Crippen molar-refractivity contribution in [2.24, 2.45) is 17.3 Å². The number of hydrogen-bond donors (Lipinski definition) is 2.